The zero-order valence-electron chi connectivity index (χ0n) is 41.3. The van der Waals surface area contributed by atoms with Crippen molar-refractivity contribution in [3.8, 4) is 0 Å². The van der Waals surface area contributed by atoms with Gasteiger partial charge in [0.1, 0.15) is 16.7 Å². The van der Waals surface area contributed by atoms with Gasteiger partial charge in [0.2, 0.25) is 5.88 Å². The Morgan fingerprint density at radius 3 is 1.23 bits per heavy atom. The van der Waals surface area contributed by atoms with Crippen LogP contribution in [0.15, 0.2) is 251 Å². The van der Waals surface area contributed by atoms with Crippen LogP contribution in [0, 0.1) is 0 Å². The summed E-state index contributed by atoms with van der Waals surface area (Å²) in [5, 5.41) is 5.87. The summed E-state index contributed by atoms with van der Waals surface area (Å²) in [6, 6.07) is 88.9. The Balaban J connectivity index is 0.923. The van der Waals surface area contributed by atoms with Gasteiger partial charge in [-0.25, -0.2) is 0 Å². The van der Waals surface area contributed by atoms with E-state index in [0.29, 0.717) is 0 Å². The van der Waals surface area contributed by atoms with Gasteiger partial charge in [-0.15, -0.1) is 11.3 Å². The van der Waals surface area contributed by atoms with Crippen LogP contribution in [0.5, 0.6) is 0 Å². The Kier molecular flexibility index (Phi) is 8.35. The van der Waals surface area contributed by atoms with E-state index in [4.69, 9.17) is 8.83 Å². The number of anilines is 12. The van der Waals surface area contributed by atoms with Crippen LogP contribution in [0.2, 0.25) is 0 Å². The molecule has 3 aromatic heterocycles. The monoisotopic (exact) mass is 998 g/mol. The molecule has 0 amide bonds. The van der Waals surface area contributed by atoms with Gasteiger partial charge in [-0.3, -0.25) is 4.90 Å². The Hall–Kier alpha value is -9.69. The van der Waals surface area contributed by atoms with Gasteiger partial charge in [-0.1, -0.05) is 127 Å². The summed E-state index contributed by atoms with van der Waals surface area (Å²) in [5.74, 6) is 0.870. The lowest BCUT2D eigenvalue weighted by molar-refractivity contribution is 0.623. The molecule has 0 aliphatic carbocycles. The highest BCUT2D eigenvalue weighted by Crippen LogP contribution is 2.50. The fraction of sp³-hybridized carbons (Fsp3) is 0. The van der Waals surface area contributed by atoms with Crippen molar-refractivity contribution in [2.75, 3.05) is 19.6 Å². The SMILES string of the molecule is c1ccc(N2c3cc4oc5ccccc5c4cc3B3c4cc5sc6cc7c(cc6c5cc4N(c4ccccc4)c4cccc2c43)N(c2ccccc2)c2cccc3c2B7c2c(oc4ccccc24)N3c2ccccc2)cc1. The zero-order chi connectivity index (χ0) is 50.0. The number of benzene rings is 11. The lowest BCUT2D eigenvalue weighted by atomic mass is 9.33. The average molecular weight is 999 g/mol. The molecule has 9 heteroatoms. The van der Waals surface area contributed by atoms with Crippen LogP contribution in [-0.4, -0.2) is 13.4 Å². The molecule has 7 heterocycles. The molecule has 77 heavy (non-hydrogen) atoms. The van der Waals surface area contributed by atoms with E-state index in [0.717, 1.165) is 72.9 Å². The highest BCUT2D eigenvalue weighted by atomic mass is 32.1. The largest absolute Gasteiger partial charge is 0.456 e. The Morgan fingerprint density at radius 2 is 0.688 bits per heavy atom. The van der Waals surface area contributed by atoms with Crippen LogP contribution in [-0.2, 0) is 0 Å². The van der Waals surface area contributed by atoms with E-state index in [-0.39, 0.29) is 13.4 Å². The number of nitrogens with zero attached hydrogens (tertiary/aromatic N) is 4. The Bertz CT molecular complexity index is 4810. The standard InChI is InChI=1S/C68H40B2N4O2S/c1-5-19-41(20-6-1)71-53-29-17-30-54-66(53)69(50-35-47-45-27-13-15-33-60(45)75-62(47)40-59(50)73(54)43-23-9-3-10-24-43)51-38-63-48(36-57(51)71)49-37-58-52(39-64(49)77-63)70-65-46-28-14-16-34-61(46)76-68(65)74(44-25-11-4-12-26-44)56-32-18-31-55(67(56)70)72(58)42-21-7-2-8-22-42/h1-40H. The molecule has 0 N–H and O–H groups in total. The predicted molar refractivity (Wildman–Crippen MR) is 324 cm³/mol. The normalized spacial score (nSPS) is 13.8. The highest BCUT2D eigenvalue weighted by molar-refractivity contribution is 7.26. The Morgan fingerprint density at radius 1 is 0.273 bits per heavy atom. The minimum absolute atomic E-state index is 0.0731. The molecule has 14 aromatic rings. The summed E-state index contributed by atoms with van der Waals surface area (Å²) in [5.41, 5.74) is 22.8. The van der Waals surface area contributed by atoms with E-state index in [1.807, 2.05) is 11.3 Å². The maximum Gasteiger partial charge on any atom is 0.257 e. The second kappa shape index (κ2) is 15.4. The van der Waals surface area contributed by atoms with Gasteiger partial charge >= 0.3 is 0 Å². The van der Waals surface area contributed by atoms with Crippen LogP contribution in [0.1, 0.15) is 0 Å². The molecule has 18 rings (SSSR count). The summed E-state index contributed by atoms with van der Waals surface area (Å²) in [4.78, 5) is 9.82. The number of hydrogen-bond acceptors (Lipinski definition) is 7. The van der Waals surface area contributed by atoms with Crippen molar-refractivity contribution in [1.29, 1.82) is 0 Å². The van der Waals surface area contributed by atoms with Gasteiger partial charge < -0.3 is 23.5 Å². The van der Waals surface area contributed by atoms with Crippen molar-refractivity contribution in [2.24, 2.45) is 0 Å². The third-order valence-electron chi connectivity index (χ3n) is 16.8. The van der Waals surface area contributed by atoms with Crippen LogP contribution >= 0.6 is 11.3 Å². The van der Waals surface area contributed by atoms with E-state index in [9.17, 15) is 0 Å². The van der Waals surface area contributed by atoms with Crippen LogP contribution in [0.4, 0.5) is 68.4 Å². The van der Waals surface area contributed by atoms with E-state index in [2.05, 4.69) is 262 Å². The highest BCUT2D eigenvalue weighted by Gasteiger charge is 2.47. The summed E-state index contributed by atoms with van der Waals surface area (Å²) >= 11 is 1.91. The van der Waals surface area contributed by atoms with Gasteiger partial charge in [0.05, 0.1) is 0 Å². The molecule has 0 unspecified atom stereocenters. The molecule has 0 radical (unpaired) electrons. The number of hydrogen-bond donors (Lipinski definition) is 0. The number of para-hydroxylation sites is 6. The molecular formula is C68H40B2N4O2S. The first-order valence-electron chi connectivity index (χ1n) is 26.4. The van der Waals surface area contributed by atoms with E-state index in [1.165, 1.54) is 81.4 Å². The van der Waals surface area contributed by atoms with Crippen molar-refractivity contribution in [1.82, 2.24) is 0 Å². The summed E-state index contributed by atoms with van der Waals surface area (Å²) < 4.78 is 16.2. The number of fused-ring (bicyclic) bond motifs is 16. The number of furan rings is 2. The number of thiophene rings is 1. The van der Waals surface area contributed by atoms with Gasteiger partial charge in [0, 0.05) is 110 Å². The summed E-state index contributed by atoms with van der Waals surface area (Å²) in [6.07, 6.45) is 0. The maximum absolute atomic E-state index is 7.04. The topological polar surface area (TPSA) is 39.2 Å². The summed E-state index contributed by atoms with van der Waals surface area (Å²) in [6.45, 7) is -0.169. The fourth-order valence-electron chi connectivity index (χ4n) is 13.7. The lowest BCUT2D eigenvalue weighted by Gasteiger charge is -2.44. The van der Waals surface area contributed by atoms with Gasteiger partial charge in [0.15, 0.2) is 0 Å². The minimum Gasteiger partial charge on any atom is -0.456 e. The van der Waals surface area contributed by atoms with E-state index in [1.54, 1.807) is 0 Å². The van der Waals surface area contributed by atoms with Crippen LogP contribution in [0.3, 0.4) is 0 Å². The Labute approximate surface area is 447 Å². The van der Waals surface area contributed by atoms with Crippen molar-refractivity contribution in [3.05, 3.63) is 243 Å². The molecular weight excluding hydrogens is 958 g/mol. The molecule has 0 bridgehead atoms. The van der Waals surface area contributed by atoms with Gasteiger partial charge in [0.25, 0.3) is 13.4 Å². The molecule has 4 aliphatic rings. The molecule has 11 aromatic carbocycles. The molecule has 0 fully saturated rings. The molecule has 0 saturated carbocycles. The van der Waals surface area contributed by atoms with Gasteiger partial charge in [-0.05, 0) is 137 Å². The third-order valence-corrected chi connectivity index (χ3v) is 17.9. The van der Waals surface area contributed by atoms with Crippen molar-refractivity contribution < 1.29 is 8.83 Å². The fourth-order valence-corrected chi connectivity index (χ4v) is 14.9. The third kappa shape index (κ3) is 5.65. The van der Waals surface area contributed by atoms with Crippen LogP contribution < -0.4 is 52.4 Å². The first-order valence-corrected chi connectivity index (χ1v) is 27.2. The second-order valence-corrected chi connectivity index (χ2v) is 21.8. The van der Waals surface area contributed by atoms with Crippen molar-refractivity contribution >= 4 is 179 Å². The molecule has 0 saturated heterocycles. The minimum atomic E-state index is -0.0961. The summed E-state index contributed by atoms with van der Waals surface area (Å²) in [7, 11) is 0. The van der Waals surface area contributed by atoms with Gasteiger partial charge in [-0.2, -0.15) is 0 Å². The average Bonchev–Trinajstić information content (AvgIpc) is 4.34. The van der Waals surface area contributed by atoms with Crippen molar-refractivity contribution in [3.63, 3.8) is 0 Å². The maximum atomic E-state index is 7.04. The quantitative estimate of drug-likeness (QED) is 0.164. The molecule has 6 nitrogen and oxygen atoms in total. The predicted octanol–water partition coefficient (Wildman–Crippen LogP) is 14.9. The van der Waals surface area contributed by atoms with E-state index >= 15 is 0 Å². The number of rotatable bonds is 4. The molecule has 0 atom stereocenters. The second-order valence-electron chi connectivity index (χ2n) is 20.7. The smallest absolute Gasteiger partial charge is 0.257 e. The zero-order valence-corrected chi connectivity index (χ0v) is 42.1. The van der Waals surface area contributed by atoms with Crippen molar-refractivity contribution in [2.45, 2.75) is 0 Å². The first-order chi connectivity index (χ1) is 38.2. The first kappa shape index (κ1) is 41.6. The van der Waals surface area contributed by atoms with E-state index < -0.39 is 0 Å². The molecule has 356 valence electrons. The van der Waals surface area contributed by atoms with Crippen LogP contribution in [0.25, 0.3) is 53.1 Å². The molecule has 4 aliphatic heterocycles. The molecule has 0 spiro atoms. The lowest BCUT2D eigenvalue weighted by Crippen LogP contribution is -2.61.